The molecule has 6 nitrogen and oxygen atoms in total. The van der Waals surface area contributed by atoms with Crippen molar-refractivity contribution in [2.24, 2.45) is 0 Å². The van der Waals surface area contributed by atoms with E-state index in [1.807, 2.05) is 36.6 Å². The lowest BCUT2D eigenvalue weighted by Crippen LogP contribution is -2.51. The third-order valence-corrected chi connectivity index (χ3v) is 7.94. The van der Waals surface area contributed by atoms with E-state index >= 15 is 0 Å². The zero-order chi connectivity index (χ0) is 23.0. The predicted octanol–water partition coefficient (Wildman–Crippen LogP) is 3.09. The Bertz CT molecular complexity index is 996. The fraction of sp³-hybridized carbons (Fsp3) is 0.435. The van der Waals surface area contributed by atoms with Crippen molar-refractivity contribution in [3.8, 4) is 0 Å². The van der Waals surface area contributed by atoms with Gasteiger partial charge in [0.1, 0.15) is 16.8 Å². The van der Waals surface area contributed by atoms with Crippen molar-refractivity contribution in [1.82, 2.24) is 10.0 Å². The zero-order valence-corrected chi connectivity index (χ0v) is 19.7. The van der Waals surface area contributed by atoms with Crippen LogP contribution in [0.15, 0.2) is 59.5 Å². The number of amides is 1. The van der Waals surface area contributed by atoms with Gasteiger partial charge in [-0.15, -0.1) is 0 Å². The number of ether oxygens (including phenoxy) is 1. The number of sulfonamides is 1. The largest absolute Gasteiger partial charge is 0.381 e. The normalized spacial score (nSPS) is 16.9. The molecule has 0 aromatic heterocycles. The molecule has 174 valence electrons. The molecule has 0 spiro atoms. The molecule has 1 fully saturated rings. The molecule has 0 bridgehead atoms. The van der Waals surface area contributed by atoms with Crippen molar-refractivity contribution in [3.63, 3.8) is 0 Å². The standard InChI is InChI=1S/C23H29FN2O4S2/c1-31-16-11-20(26-32(28,29)21-10-6-5-9-19(21)24)22(27)25-17-23(12-14-30-15-13-23)18-7-3-2-4-8-18/h2-10,20,26H,11-17H2,1H3,(H,25,27). The summed E-state index contributed by atoms with van der Waals surface area (Å²) < 4.78 is 47.6. The Morgan fingerprint density at radius 2 is 1.78 bits per heavy atom. The first kappa shape index (κ1) is 24.7. The van der Waals surface area contributed by atoms with Crippen LogP contribution >= 0.6 is 11.8 Å². The van der Waals surface area contributed by atoms with Crippen LogP contribution in [0.1, 0.15) is 24.8 Å². The molecule has 3 rings (SSSR count). The van der Waals surface area contributed by atoms with E-state index in [4.69, 9.17) is 4.74 Å². The summed E-state index contributed by atoms with van der Waals surface area (Å²) in [5.41, 5.74) is 0.847. The fourth-order valence-electron chi connectivity index (χ4n) is 3.89. The third-order valence-electron chi connectivity index (χ3n) is 5.79. The Balaban J connectivity index is 1.76. The molecule has 2 aromatic carbocycles. The summed E-state index contributed by atoms with van der Waals surface area (Å²) in [4.78, 5) is 12.6. The number of hydrogen-bond acceptors (Lipinski definition) is 5. The van der Waals surface area contributed by atoms with Gasteiger partial charge in [0.25, 0.3) is 0 Å². The van der Waals surface area contributed by atoms with Gasteiger partial charge in [-0.2, -0.15) is 16.5 Å². The summed E-state index contributed by atoms with van der Waals surface area (Å²) in [5.74, 6) is -0.690. The molecule has 1 saturated heterocycles. The minimum absolute atomic E-state index is 0.274. The Morgan fingerprint density at radius 1 is 1.12 bits per heavy atom. The molecule has 32 heavy (non-hydrogen) atoms. The van der Waals surface area contributed by atoms with Crippen LogP contribution < -0.4 is 10.0 Å². The second-order valence-electron chi connectivity index (χ2n) is 7.86. The van der Waals surface area contributed by atoms with Crippen molar-refractivity contribution in [3.05, 3.63) is 66.0 Å². The molecule has 9 heteroatoms. The van der Waals surface area contributed by atoms with Crippen LogP contribution in [0.4, 0.5) is 4.39 Å². The van der Waals surface area contributed by atoms with Gasteiger partial charge in [0.2, 0.25) is 15.9 Å². The lowest BCUT2D eigenvalue weighted by atomic mass is 9.74. The van der Waals surface area contributed by atoms with E-state index in [0.717, 1.165) is 24.5 Å². The maximum absolute atomic E-state index is 14.1. The zero-order valence-electron chi connectivity index (χ0n) is 18.1. The summed E-state index contributed by atoms with van der Waals surface area (Å²) in [7, 11) is -4.19. The molecule has 1 amide bonds. The monoisotopic (exact) mass is 480 g/mol. The Morgan fingerprint density at radius 3 is 2.44 bits per heavy atom. The minimum atomic E-state index is -4.19. The average molecular weight is 481 g/mol. The quantitative estimate of drug-likeness (QED) is 0.546. The second kappa shape index (κ2) is 11.3. The fourth-order valence-corrected chi connectivity index (χ4v) is 5.67. The maximum Gasteiger partial charge on any atom is 0.244 e. The van der Waals surface area contributed by atoms with Crippen LogP contribution in [-0.4, -0.2) is 52.1 Å². The number of carbonyl (C=O) groups is 1. The molecule has 0 saturated carbocycles. The van der Waals surface area contributed by atoms with Crippen LogP contribution in [0.5, 0.6) is 0 Å². The number of rotatable bonds is 10. The lowest BCUT2D eigenvalue weighted by Gasteiger charge is -2.38. The van der Waals surface area contributed by atoms with Gasteiger partial charge in [-0.1, -0.05) is 42.5 Å². The van der Waals surface area contributed by atoms with E-state index in [1.54, 1.807) is 0 Å². The first-order valence-corrected chi connectivity index (χ1v) is 13.4. The third kappa shape index (κ3) is 6.10. The molecule has 2 aromatic rings. The Hall–Kier alpha value is -1.94. The topological polar surface area (TPSA) is 84.5 Å². The van der Waals surface area contributed by atoms with Gasteiger partial charge < -0.3 is 10.1 Å². The molecule has 0 aliphatic carbocycles. The molecular formula is C23H29FN2O4S2. The van der Waals surface area contributed by atoms with Crippen molar-refractivity contribution in [1.29, 1.82) is 0 Å². The van der Waals surface area contributed by atoms with E-state index in [0.29, 0.717) is 31.9 Å². The maximum atomic E-state index is 14.1. The molecule has 0 radical (unpaired) electrons. The lowest BCUT2D eigenvalue weighted by molar-refractivity contribution is -0.123. The van der Waals surface area contributed by atoms with E-state index in [1.165, 1.54) is 30.0 Å². The summed E-state index contributed by atoms with van der Waals surface area (Å²) in [6, 6.07) is 14.1. The first-order chi connectivity index (χ1) is 15.4. The number of nitrogens with one attached hydrogen (secondary N) is 2. The highest BCUT2D eigenvalue weighted by Gasteiger charge is 2.36. The van der Waals surface area contributed by atoms with Gasteiger partial charge in [0, 0.05) is 25.2 Å². The molecule has 1 heterocycles. The van der Waals surface area contributed by atoms with Crippen molar-refractivity contribution < 1.29 is 22.3 Å². The number of hydrogen-bond donors (Lipinski definition) is 2. The number of halogens is 1. The number of carbonyl (C=O) groups excluding carboxylic acids is 1. The van der Waals surface area contributed by atoms with Gasteiger partial charge in [0.05, 0.1) is 0 Å². The summed E-state index contributed by atoms with van der Waals surface area (Å²) in [6.07, 6.45) is 3.69. The van der Waals surface area contributed by atoms with Gasteiger partial charge in [-0.25, -0.2) is 12.8 Å². The molecule has 1 aliphatic rings. The van der Waals surface area contributed by atoms with Crippen molar-refractivity contribution in [2.45, 2.75) is 35.6 Å². The van der Waals surface area contributed by atoms with Gasteiger partial charge >= 0.3 is 0 Å². The van der Waals surface area contributed by atoms with Crippen LogP contribution in [0, 0.1) is 5.82 Å². The first-order valence-electron chi connectivity index (χ1n) is 10.5. The Kier molecular flexibility index (Phi) is 8.70. The van der Waals surface area contributed by atoms with E-state index in [-0.39, 0.29) is 5.41 Å². The average Bonchev–Trinajstić information content (AvgIpc) is 2.81. The highest BCUT2D eigenvalue weighted by atomic mass is 32.2. The minimum Gasteiger partial charge on any atom is -0.381 e. The van der Waals surface area contributed by atoms with Crippen LogP contribution in [-0.2, 0) is 25.0 Å². The second-order valence-corrected chi connectivity index (χ2v) is 10.5. The molecule has 1 aliphatic heterocycles. The molecule has 2 N–H and O–H groups in total. The molecular weight excluding hydrogens is 451 g/mol. The predicted molar refractivity (Wildman–Crippen MR) is 125 cm³/mol. The van der Waals surface area contributed by atoms with Crippen LogP contribution in [0.2, 0.25) is 0 Å². The van der Waals surface area contributed by atoms with Gasteiger partial charge in [0.15, 0.2) is 0 Å². The number of thioether (sulfide) groups is 1. The molecule has 1 unspecified atom stereocenters. The smallest absolute Gasteiger partial charge is 0.244 e. The van der Waals surface area contributed by atoms with E-state index < -0.39 is 32.7 Å². The van der Waals surface area contributed by atoms with Gasteiger partial charge in [-0.3, -0.25) is 4.79 Å². The molecule has 1 atom stereocenters. The van der Waals surface area contributed by atoms with Crippen LogP contribution in [0.3, 0.4) is 0 Å². The van der Waals surface area contributed by atoms with E-state index in [9.17, 15) is 17.6 Å². The highest BCUT2D eigenvalue weighted by molar-refractivity contribution is 7.98. The summed E-state index contributed by atoms with van der Waals surface area (Å²) in [6.45, 7) is 1.57. The van der Waals surface area contributed by atoms with Gasteiger partial charge in [-0.05, 0) is 49.0 Å². The van der Waals surface area contributed by atoms with Crippen LogP contribution in [0.25, 0.3) is 0 Å². The van der Waals surface area contributed by atoms with Crippen molar-refractivity contribution in [2.75, 3.05) is 31.8 Å². The summed E-state index contributed by atoms with van der Waals surface area (Å²) >= 11 is 1.51. The van der Waals surface area contributed by atoms with E-state index in [2.05, 4.69) is 10.0 Å². The highest BCUT2D eigenvalue weighted by Crippen LogP contribution is 2.34. The SMILES string of the molecule is CSCCC(NS(=O)(=O)c1ccccc1F)C(=O)NCC1(c2ccccc2)CCOCC1. The van der Waals surface area contributed by atoms with Crippen molar-refractivity contribution >= 4 is 27.7 Å². The Labute approximate surface area is 193 Å². The number of benzene rings is 2. The summed E-state index contributed by atoms with van der Waals surface area (Å²) in [5, 5.41) is 2.96.